The number of aromatic hydroxyl groups is 1. The fourth-order valence-electron chi connectivity index (χ4n) is 3.42. The van der Waals surface area contributed by atoms with Gasteiger partial charge in [0.25, 0.3) is 11.3 Å². The largest absolute Gasteiger partial charge is 0.507 e. The van der Waals surface area contributed by atoms with Crippen LogP contribution in [0.25, 0.3) is 22.5 Å². The molecule has 0 aliphatic rings. The van der Waals surface area contributed by atoms with Crippen molar-refractivity contribution in [3.05, 3.63) is 76.2 Å². The Bertz CT molecular complexity index is 1260. The Kier molecular flexibility index (Phi) is 4.81. The molecule has 0 spiro atoms. The Morgan fingerprint density at radius 2 is 1.77 bits per heavy atom. The quantitative estimate of drug-likeness (QED) is 0.528. The van der Waals surface area contributed by atoms with Crippen LogP contribution in [0.5, 0.6) is 5.75 Å². The van der Waals surface area contributed by atoms with Crippen LogP contribution < -0.4 is 5.56 Å². The molecular weight excluding hydrogens is 399 g/mol. The van der Waals surface area contributed by atoms with E-state index in [0.29, 0.717) is 6.42 Å². The van der Waals surface area contributed by atoms with Crippen LogP contribution in [-0.4, -0.2) is 19.8 Å². The second-order valence-electron chi connectivity index (χ2n) is 6.88. The van der Waals surface area contributed by atoms with E-state index in [9.17, 15) is 23.1 Å². The highest BCUT2D eigenvalue weighted by molar-refractivity contribution is 5.78. The van der Waals surface area contributed by atoms with Gasteiger partial charge in [0.15, 0.2) is 5.82 Å². The van der Waals surface area contributed by atoms with Gasteiger partial charge in [0, 0.05) is 6.04 Å². The van der Waals surface area contributed by atoms with Crippen LogP contribution in [0, 0.1) is 0 Å². The van der Waals surface area contributed by atoms with Gasteiger partial charge < -0.3 is 9.63 Å². The molecule has 0 fully saturated rings. The van der Waals surface area contributed by atoms with Crippen LogP contribution in [0.2, 0.25) is 0 Å². The lowest BCUT2D eigenvalue weighted by atomic mass is 10.1. The van der Waals surface area contributed by atoms with Gasteiger partial charge in [-0.15, -0.1) is 0 Å². The number of fused-ring (bicyclic) bond motifs is 1. The van der Waals surface area contributed by atoms with Gasteiger partial charge in [-0.05, 0) is 31.0 Å². The zero-order valence-electron chi connectivity index (χ0n) is 15.7. The smallest absolute Gasteiger partial charge is 0.437 e. The van der Waals surface area contributed by atoms with Gasteiger partial charge >= 0.3 is 6.18 Å². The standard InChI is InChI=1S/C21H16F3N3O3/c1-12(11-13-7-3-2-4-8-13)27-18(14-9-5-6-10-15(14)28)25-19-16(20(27)29)17(26-30-19)21(22,23)24/h2-10,12,28H,11H2,1H3/t12-/m1/s1. The van der Waals surface area contributed by atoms with E-state index in [0.717, 1.165) is 10.1 Å². The minimum absolute atomic E-state index is 0.00101. The molecule has 154 valence electrons. The Labute approximate surface area is 168 Å². The first-order chi connectivity index (χ1) is 14.3. The molecule has 30 heavy (non-hydrogen) atoms. The molecule has 9 heteroatoms. The molecule has 4 rings (SSSR count). The van der Waals surface area contributed by atoms with Gasteiger partial charge in [-0.25, -0.2) is 0 Å². The van der Waals surface area contributed by atoms with Crippen molar-refractivity contribution < 1.29 is 22.8 Å². The minimum Gasteiger partial charge on any atom is -0.507 e. The number of nitrogens with zero attached hydrogens (tertiary/aromatic N) is 3. The molecule has 0 bridgehead atoms. The number of phenolic OH excluding ortho intramolecular Hbond substituents is 1. The molecule has 0 aliphatic heterocycles. The van der Waals surface area contributed by atoms with E-state index in [-0.39, 0.29) is 17.1 Å². The first kappa shape index (κ1) is 19.7. The first-order valence-electron chi connectivity index (χ1n) is 9.08. The van der Waals surface area contributed by atoms with Crippen molar-refractivity contribution in [1.82, 2.24) is 14.7 Å². The SMILES string of the molecule is C[C@H](Cc1ccccc1)n1c(-c2ccccc2O)nc2onc(C(F)(F)F)c2c1=O. The third kappa shape index (κ3) is 3.42. The highest BCUT2D eigenvalue weighted by Gasteiger charge is 2.40. The average molecular weight is 415 g/mol. The molecule has 0 unspecified atom stereocenters. The van der Waals surface area contributed by atoms with Gasteiger partial charge in [-0.1, -0.05) is 47.6 Å². The molecule has 2 aromatic carbocycles. The van der Waals surface area contributed by atoms with Crippen molar-refractivity contribution in [3.8, 4) is 17.1 Å². The maximum absolute atomic E-state index is 13.4. The number of benzene rings is 2. The number of phenols is 1. The van der Waals surface area contributed by atoms with Gasteiger partial charge in [-0.2, -0.15) is 18.2 Å². The second kappa shape index (κ2) is 7.33. The molecule has 0 radical (unpaired) electrons. The Balaban J connectivity index is 1.99. The van der Waals surface area contributed by atoms with Crippen molar-refractivity contribution in [2.45, 2.75) is 25.6 Å². The molecule has 2 heterocycles. The predicted octanol–water partition coefficient (Wildman–Crippen LogP) is 4.58. The Morgan fingerprint density at radius 1 is 1.10 bits per heavy atom. The van der Waals surface area contributed by atoms with E-state index < -0.39 is 34.6 Å². The molecule has 4 aromatic rings. The minimum atomic E-state index is -4.87. The van der Waals surface area contributed by atoms with E-state index in [1.807, 2.05) is 30.3 Å². The van der Waals surface area contributed by atoms with Crippen LogP contribution >= 0.6 is 0 Å². The van der Waals surface area contributed by atoms with E-state index >= 15 is 0 Å². The van der Waals surface area contributed by atoms with Crippen molar-refractivity contribution >= 4 is 11.1 Å². The van der Waals surface area contributed by atoms with Crippen LogP contribution in [0.15, 0.2) is 63.9 Å². The highest BCUT2D eigenvalue weighted by atomic mass is 19.4. The molecular formula is C21H16F3N3O3. The van der Waals surface area contributed by atoms with E-state index in [2.05, 4.69) is 10.1 Å². The Hall–Kier alpha value is -3.62. The number of para-hydroxylation sites is 1. The summed E-state index contributed by atoms with van der Waals surface area (Å²) in [5, 5.41) is 12.6. The normalized spacial score (nSPS) is 12.9. The molecule has 1 atom stereocenters. The van der Waals surface area contributed by atoms with Gasteiger partial charge in [0.05, 0.1) is 5.56 Å². The number of alkyl halides is 3. The lowest BCUT2D eigenvalue weighted by molar-refractivity contribution is -0.141. The van der Waals surface area contributed by atoms with Crippen LogP contribution in [0.4, 0.5) is 13.2 Å². The fourth-order valence-corrected chi connectivity index (χ4v) is 3.42. The molecule has 0 amide bonds. The molecule has 0 aliphatic carbocycles. The van der Waals surface area contributed by atoms with Crippen LogP contribution in [0.3, 0.4) is 0 Å². The maximum Gasteiger partial charge on any atom is 0.437 e. The maximum atomic E-state index is 13.4. The van der Waals surface area contributed by atoms with Crippen LogP contribution in [-0.2, 0) is 12.6 Å². The van der Waals surface area contributed by atoms with Gasteiger partial charge in [-0.3, -0.25) is 9.36 Å². The Morgan fingerprint density at radius 3 is 2.43 bits per heavy atom. The highest BCUT2D eigenvalue weighted by Crippen LogP contribution is 2.35. The summed E-state index contributed by atoms with van der Waals surface area (Å²) in [6.45, 7) is 1.70. The van der Waals surface area contributed by atoms with Gasteiger partial charge in [0.2, 0.25) is 5.69 Å². The average Bonchev–Trinajstić information content (AvgIpc) is 3.14. The zero-order valence-corrected chi connectivity index (χ0v) is 15.7. The fraction of sp³-hybridized carbons (Fsp3) is 0.190. The monoisotopic (exact) mass is 415 g/mol. The van der Waals surface area contributed by atoms with Crippen molar-refractivity contribution in [2.24, 2.45) is 0 Å². The lowest BCUT2D eigenvalue weighted by Crippen LogP contribution is -2.28. The van der Waals surface area contributed by atoms with Crippen molar-refractivity contribution in [3.63, 3.8) is 0 Å². The van der Waals surface area contributed by atoms with E-state index in [1.165, 1.54) is 12.1 Å². The van der Waals surface area contributed by atoms with Crippen molar-refractivity contribution in [2.75, 3.05) is 0 Å². The summed E-state index contributed by atoms with van der Waals surface area (Å²) in [4.78, 5) is 17.4. The predicted molar refractivity (Wildman–Crippen MR) is 103 cm³/mol. The number of hydrogen-bond donors (Lipinski definition) is 1. The topological polar surface area (TPSA) is 81.2 Å². The van der Waals surface area contributed by atoms with E-state index in [4.69, 9.17) is 4.52 Å². The summed E-state index contributed by atoms with van der Waals surface area (Å²) in [5.41, 5.74) is -1.80. The molecule has 0 saturated heterocycles. The van der Waals surface area contributed by atoms with Crippen LogP contribution in [0.1, 0.15) is 24.2 Å². The summed E-state index contributed by atoms with van der Waals surface area (Å²) in [6, 6.07) is 14.8. The summed E-state index contributed by atoms with van der Waals surface area (Å²) in [5.74, 6) is -0.168. The number of rotatable bonds is 4. The second-order valence-corrected chi connectivity index (χ2v) is 6.88. The molecule has 6 nitrogen and oxygen atoms in total. The number of aromatic nitrogens is 3. The summed E-state index contributed by atoms with van der Waals surface area (Å²) in [7, 11) is 0. The first-order valence-corrected chi connectivity index (χ1v) is 9.08. The molecule has 1 N–H and O–H groups in total. The number of halogens is 3. The summed E-state index contributed by atoms with van der Waals surface area (Å²) in [6.07, 6.45) is -4.51. The van der Waals surface area contributed by atoms with Crippen molar-refractivity contribution in [1.29, 1.82) is 0 Å². The lowest BCUT2D eigenvalue weighted by Gasteiger charge is -2.20. The zero-order chi connectivity index (χ0) is 21.5. The number of hydrogen-bond acceptors (Lipinski definition) is 5. The third-order valence-electron chi connectivity index (χ3n) is 4.77. The van der Waals surface area contributed by atoms with Gasteiger partial charge in [0.1, 0.15) is 11.1 Å². The summed E-state index contributed by atoms with van der Waals surface area (Å²) < 4.78 is 46.0. The molecule has 2 aromatic heterocycles. The third-order valence-corrected chi connectivity index (χ3v) is 4.77. The van der Waals surface area contributed by atoms with E-state index in [1.54, 1.807) is 19.1 Å². The summed E-state index contributed by atoms with van der Waals surface area (Å²) >= 11 is 0. The molecule has 0 saturated carbocycles.